The Kier molecular flexibility index (Phi) is 3.33. The Morgan fingerprint density at radius 1 is 1.40 bits per heavy atom. The van der Waals surface area contributed by atoms with E-state index in [1.165, 1.54) is 0 Å². The second-order valence-electron chi connectivity index (χ2n) is 3.07. The lowest BCUT2D eigenvalue weighted by Crippen LogP contribution is -1.99. The molecule has 0 aliphatic heterocycles. The molecule has 0 aromatic carbocycles. The van der Waals surface area contributed by atoms with Gasteiger partial charge < -0.3 is 13.9 Å². The van der Waals surface area contributed by atoms with E-state index >= 15 is 0 Å². The Balaban J connectivity index is 2.11. The molecule has 0 saturated carbocycles. The molecule has 0 amide bonds. The van der Waals surface area contributed by atoms with Crippen LogP contribution >= 0.6 is 31.9 Å². The lowest BCUT2D eigenvalue weighted by atomic mass is 10.2. The predicted octanol–water partition coefficient (Wildman–Crippen LogP) is 3.67. The molecule has 3 nitrogen and oxygen atoms in total. The van der Waals surface area contributed by atoms with E-state index in [0.29, 0.717) is 16.9 Å². The number of aliphatic hydroxyl groups excluding tert-OH is 1. The first kappa shape index (κ1) is 11.0. The van der Waals surface area contributed by atoms with Gasteiger partial charge in [-0.15, -0.1) is 0 Å². The summed E-state index contributed by atoms with van der Waals surface area (Å²) >= 11 is 6.50. The van der Waals surface area contributed by atoms with Crippen molar-refractivity contribution in [1.82, 2.24) is 0 Å². The lowest BCUT2D eigenvalue weighted by Gasteiger charge is -2.04. The standard InChI is InChI=1S/C10H8Br2O3/c11-7-5-9(15-10(7)12)8(13)4-6-2-1-3-14-6/h1-3,5,8,13H,4H2. The van der Waals surface area contributed by atoms with Gasteiger partial charge in [0, 0.05) is 6.42 Å². The van der Waals surface area contributed by atoms with E-state index in [2.05, 4.69) is 31.9 Å². The highest BCUT2D eigenvalue weighted by molar-refractivity contribution is 9.13. The third kappa shape index (κ3) is 2.53. The Morgan fingerprint density at radius 2 is 2.20 bits per heavy atom. The quantitative estimate of drug-likeness (QED) is 0.930. The fourth-order valence-corrected chi connectivity index (χ4v) is 1.86. The average molecular weight is 336 g/mol. The zero-order chi connectivity index (χ0) is 10.8. The Hall–Kier alpha value is -0.520. The van der Waals surface area contributed by atoms with Crippen LogP contribution in [0.25, 0.3) is 0 Å². The molecule has 0 bridgehead atoms. The Morgan fingerprint density at radius 3 is 2.73 bits per heavy atom. The van der Waals surface area contributed by atoms with Crippen LogP contribution in [-0.4, -0.2) is 5.11 Å². The van der Waals surface area contributed by atoms with Gasteiger partial charge in [0.15, 0.2) is 4.67 Å². The first-order chi connectivity index (χ1) is 7.16. The molecule has 5 heteroatoms. The summed E-state index contributed by atoms with van der Waals surface area (Å²) in [5, 5.41) is 9.83. The van der Waals surface area contributed by atoms with Crippen molar-refractivity contribution >= 4 is 31.9 Å². The molecule has 0 saturated heterocycles. The Bertz CT molecular complexity index is 414. The summed E-state index contributed by atoms with van der Waals surface area (Å²) in [7, 11) is 0. The SMILES string of the molecule is OC(Cc1ccco1)c1cc(Br)c(Br)o1. The fraction of sp³-hybridized carbons (Fsp3) is 0.200. The van der Waals surface area contributed by atoms with Gasteiger partial charge in [-0.1, -0.05) is 0 Å². The highest BCUT2D eigenvalue weighted by atomic mass is 79.9. The first-order valence-electron chi connectivity index (χ1n) is 4.32. The summed E-state index contributed by atoms with van der Waals surface area (Å²) in [6, 6.07) is 5.34. The van der Waals surface area contributed by atoms with Crippen LogP contribution in [0.5, 0.6) is 0 Å². The molecule has 80 valence electrons. The van der Waals surface area contributed by atoms with E-state index in [0.717, 1.165) is 10.2 Å². The minimum atomic E-state index is -0.696. The first-order valence-corrected chi connectivity index (χ1v) is 5.90. The van der Waals surface area contributed by atoms with Gasteiger partial charge >= 0.3 is 0 Å². The van der Waals surface area contributed by atoms with Crippen LogP contribution in [0, 0.1) is 0 Å². The molecule has 0 fully saturated rings. The van der Waals surface area contributed by atoms with Gasteiger partial charge in [0.25, 0.3) is 0 Å². The van der Waals surface area contributed by atoms with E-state index in [9.17, 15) is 5.11 Å². The third-order valence-electron chi connectivity index (χ3n) is 1.97. The van der Waals surface area contributed by atoms with Crippen molar-refractivity contribution in [2.24, 2.45) is 0 Å². The maximum absolute atomic E-state index is 9.83. The normalized spacial score (nSPS) is 13.0. The minimum absolute atomic E-state index is 0.402. The van der Waals surface area contributed by atoms with Crippen LogP contribution in [0.2, 0.25) is 0 Å². The topological polar surface area (TPSA) is 46.5 Å². The van der Waals surface area contributed by atoms with Crippen LogP contribution < -0.4 is 0 Å². The molecule has 15 heavy (non-hydrogen) atoms. The van der Waals surface area contributed by atoms with Crippen molar-refractivity contribution < 1.29 is 13.9 Å². The number of rotatable bonds is 3. The van der Waals surface area contributed by atoms with E-state index in [-0.39, 0.29) is 0 Å². The molecule has 1 N–H and O–H groups in total. The maximum atomic E-state index is 9.83. The minimum Gasteiger partial charge on any atom is -0.469 e. The molecule has 1 unspecified atom stereocenters. The zero-order valence-electron chi connectivity index (χ0n) is 7.61. The number of hydrogen-bond donors (Lipinski definition) is 1. The van der Waals surface area contributed by atoms with Gasteiger partial charge in [0.2, 0.25) is 0 Å². The average Bonchev–Trinajstić information content (AvgIpc) is 2.78. The second kappa shape index (κ2) is 4.55. The fourth-order valence-electron chi connectivity index (χ4n) is 1.25. The number of hydrogen-bond acceptors (Lipinski definition) is 3. The summed E-state index contributed by atoms with van der Waals surface area (Å²) in [5.41, 5.74) is 0. The summed E-state index contributed by atoms with van der Waals surface area (Å²) < 4.78 is 11.8. The van der Waals surface area contributed by atoms with Gasteiger partial charge in [0.05, 0.1) is 10.7 Å². The monoisotopic (exact) mass is 334 g/mol. The molecular formula is C10H8Br2O3. The molecule has 0 radical (unpaired) electrons. The van der Waals surface area contributed by atoms with E-state index in [1.807, 2.05) is 6.07 Å². The predicted molar refractivity (Wildman–Crippen MR) is 61.5 cm³/mol. The largest absolute Gasteiger partial charge is 0.469 e. The smallest absolute Gasteiger partial charge is 0.183 e. The van der Waals surface area contributed by atoms with Crippen LogP contribution in [-0.2, 0) is 6.42 Å². The van der Waals surface area contributed by atoms with Crippen LogP contribution in [0.15, 0.2) is 42.4 Å². The van der Waals surface area contributed by atoms with Gasteiger partial charge in [-0.3, -0.25) is 0 Å². The summed E-state index contributed by atoms with van der Waals surface area (Å²) in [5.74, 6) is 1.23. The van der Waals surface area contributed by atoms with E-state index < -0.39 is 6.10 Å². The molecule has 0 aliphatic rings. The Labute approximate surface area is 103 Å². The van der Waals surface area contributed by atoms with Crippen LogP contribution in [0.4, 0.5) is 0 Å². The number of halogens is 2. The third-order valence-corrected chi connectivity index (χ3v) is 3.68. The molecule has 2 aromatic heterocycles. The van der Waals surface area contributed by atoms with Gasteiger partial charge in [0.1, 0.15) is 17.6 Å². The maximum Gasteiger partial charge on any atom is 0.183 e. The molecule has 0 spiro atoms. The van der Waals surface area contributed by atoms with Crippen molar-refractivity contribution in [1.29, 1.82) is 0 Å². The second-order valence-corrected chi connectivity index (χ2v) is 4.64. The van der Waals surface area contributed by atoms with Crippen molar-refractivity contribution in [2.45, 2.75) is 12.5 Å². The summed E-state index contributed by atoms with van der Waals surface area (Å²) in [6.45, 7) is 0. The van der Waals surface area contributed by atoms with Crippen LogP contribution in [0.1, 0.15) is 17.6 Å². The molecule has 2 heterocycles. The highest BCUT2D eigenvalue weighted by Crippen LogP contribution is 2.31. The zero-order valence-corrected chi connectivity index (χ0v) is 10.8. The van der Waals surface area contributed by atoms with Crippen molar-refractivity contribution in [2.75, 3.05) is 0 Å². The summed E-state index contributed by atoms with van der Waals surface area (Å²) in [4.78, 5) is 0. The molecular weight excluding hydrogens is 328 g/mol. The van der Waals surface area contributed by atoms with Crippen LogP contribution in [0.3, 0.4) is 0 Å². The molecule has 1 atom stereocenters. The lowest BCUT2D eigenvalue weighted by molar-refractivity contribution is 0.142. The van der Waals surface area contributed by atoms with E-state index in [1.54, 1.807) is 18.4 Å². The number of aliphatic hydroxyl groups is 1. The van der Waals surface area contributed by atoms with Gasteiger partial charge in [-0.05, 0) is 50.1 Å². The van der Waals surface area contributed by atoms with Crippen molar-refractivity contribution in [3.8, 4) is 0 Å². The highest BCUT2D eigenvalue weighted by Gasteiger charge is 2.16. The molecule has 2 aromatic rings. The van der Waals surface area contributed by atoms with Gasteiger partial charge in [-0.25, -0.2) is 0 Å². The van der Waals surface area contributed by atoms with Gasteiger partial charge in [-0.2, -0.15) is 0 Å². The van der Waals surface area contributed by atoms with E-state index in [4.69, 9.17) is 8.83 Å². The van der Waals surface area contributed by atoms with Crippen molar-refractivity contribution in [3.63, 3.8) is 0 Å². The molecule has 0 aliphatic carbocycles. The van der Waals surface area contributed by atoms with Crippen molar-refractivity contribution in [3.05, 3.63) is 45.1 Å². The summed E-state index contributed by atoms with van der Waals surface area (Å²) in [6.07, 6.45) is 1.29. The molecule has 2 rings (SSSR count). The number of furan rings is 2.